The lowest BCUT2D eigenvalue weighted by atomic mass is 10.2. The molecule has 0 amide bonds. The Kier molecular flexibility index (Phi) is 3.28. The molecule has 17 heavy (non-hydrogen) atoms. The summed E-state index contributed by atoms with van der Waals surface area (Å²) in [5.74, 6) is -0.0853. The number of nitrogens with zero attached hydrogens (tertiary/aromatic N) is 1. The predicted molar refractivity (Wildman–Crippen MR) is 61.1 cm³/mol. The van der Waals surface area contributed by atoms with E-state index in [1.807, 2.05) is 0 Å². The molecule has 0 saturated heterocycles. The number of ether oxygens (including phenoxy) is 1. The van der Waals surface area contributed by atoms with Crippen molar-refractivity contribution in [1.29, 1.82) is 0 Å². The maximum atomic E-state index is 11.6. The predicted octanol–water partition coefficient (Wildman–Crippen LogP) is 2.82. The molecule has 0 aliphatic heterocycles. The second-order valence-electron chi connectivity index (χ2n) is 3.97. The van der Waals surface area contributed by atoms with Gasteiger partial charge in [-0.1, -0.05) is 11.6 Å². The Morgan fingerprint density at radius 2 is 2.24 bits per heavy atom. The van der Waals surface area contributed by atoms with Gasteiger partial charge in [-0.2, -0.15) is 0 Å². The van der Waals surface area contributed by atoms with Crippen molar-refractivity contribution in [3.8, 4) is 0 Å². The summed E-state index contributed by atoms with van der Waals surface area (Å²) in [6.45, 7) is 0.384. The molecule has 0 bridgehead atoms. The van der Waals surface area contributed by atoms with Crippen LogP contribution in [0.3, 0.4) is 0 Å². The normalized spacial score (nSPS) is 14.4. The summed E-state index contributed by atoms with van der Waals surface area (Å²) in [4.78, 5) is 21.6. The summed E-state index contributed by atoms with van der Waals surface area (Å²) < 4.78 is 5.02. The minimum atomic E-state index is -0.625. The van der Waals surface area contributed by atoms with Crippen LogP contribution in [0.15, 0.2) is 18.2 Å². The fourth-order valence-electron chi connectivity index (χ4n) is 1.34. The summed E-state index contributed by atoms with van der Waals surface area (Å²) in [6.07, 6.45) is 2.15. The van der Waals surface area contributed by atoms with Gasteiger partial charge in [-0.3, -0.25) is 10.1 Å². The molecule has 0 N–H and O–H groups in total. The van der Waals surface area contributed by atoms with Crippen molar-refractivity contribution in [3.05, 3.63) is 38.9 Å². The third kappa shape index (κ3) is 2.94. The van der Waals surface area contributed by atoms with E-state index in [4.69, 9.17) is 16.3 Å². The number of esters is 1. The quantitative estimate of drug-likeness (QED) is 0.471. The van der Waals surface area contributed by atoms with E-state index in [1.54, 1.807) is 0 Å². The molecule has 6 heteroatoms. The standard InChI is InChI=1S/C11H10ClNO4/c12-9-4-3-8(5-10(9)13(15)16)11(14)17-6-7-1-2-7/h3-5,7H,1-2,6H2. The third-order valence-corrected chi connectivity index (χ3v) is 2.85. The van der Waals surface area contributed by atoms with Crippen LogP contribution in [-0.2, 0) is 4.74 Å². The van der Waals surface area contributed by atoms with Gasteiger partial charge in [0.25, 0.3) is 5.69 Å². The first-order valence-electron chi connectivity index (χ1n) is 5.19. The van der Waals surface area contributed by atoms with E-state index in [1.165, 1.54) is 12.1 Å². The van der Waals surface area contributed by atoms with Crippen molar-refractivity contribution in [1.82, 2.24) is 0 Å². The highest BCUT2D eigenvalue weighted by molar-refractivity contribution is 6.32. The highest BCUT2D eigenvalue weighted by Gasteiger charge is 2.24. The fraction of sp³-hybridized carbons (Fsp3) is 0.364. The summed E-state index contributed by atoms with van der Waals surface area (Å²) in [5.41, 5.74) is -0.130. The Bertz CT molecular complexity index is 471. The first kappa shape index (κ1) is 11.9. The summed E-state index contributed by atoms with van der Waals surface area (Å²) >= 11 is 5.64. The lowest BCUT2D eigenvalue weighted by molar-refractivity contribution is -0.384. The molecule has 5 nitrogen and oxygen atoms in total. The van der Waals surface area contributed by atoms with E-state index < -0.39 is 10.9 Å². The van der Waals surface area contributed by atoms with E-state index >= 15 is 0 Å². The molecule has 0 unspecified atom stereocenters. The van der Waals surface area contributed by atoms with Gasteiger partial charge in [-0.05, 0) is 30.9 Å². The van der Waals surface area contributed by atoms with Gasteiger partial charge in [0, 0.05) is 6.07 Å². The number of hydrogen-bond acceptors (Lipinski definition) is 4. The van der Waals surface area contributed by atoms with Crippen LogP contribution in [0.4, 0.5) is 5.69 Å². The lowest BCUT2D eigenvalue weighted by Gasteiger charge is -2.03. The molecule has 90 valence electrons. The largest absolute Gasteiger partial charge is 0.462 e. The maximum absolute atomic E-state index is 11.6. The van der Waals surface area contributed by atoms with E-state index in [-0.39, 0.29) is 16.3 Å². The first-order chi connectivity index (χ1) is 8.08. The van der Waals surface area contributed by atoms with Crippen LogP contribution in [0.1, 0.15) is 23.2 Å². The Morgan fingerprint density at radius 3 is 2.82 bits per heavy atom. The highest BCUT2D eigenvalue weighted by Crippen LogP contribution is 2.29. The number of benzene rings is 1. The summed E-state index contributed by atoms with van der Waals surface area (Å²) in [6, 6.07) is 3.88. The van der Waals surface area contributed by atoms with Crippen LogP contribution in [0, 0.1) is 16.0 Å². The van der Waals surface area contributed by atoms with Crippen molar-refractivity contribution in [3.63, 3.8) is 0 Å². The molecule has 1 aromatic rings. The molecule has 2 rings (SSSR count). The zero-order valence-corrected chi connectivity index (χ0v) is 9.64. The molecular formula is C11H10ClNO4. The number of rotatable bonds is 4. The molecule has 1 aliphatic rings. The number of halogens is 1. The molecule has 1 fully saturated rings. The maximum Gasteiger partial charge on any atom is 0.338 e. The number of hydrogen-bond donors (Lipinski definition) is 0. The minimum Gasteiger partial charge on any atom is -0.462 e. The van der Waals surface area contributed by atoms with Gasteiger partial charge in [0.15, 0.2) is 0 Å². The van der Waals surface area contributed by atoms with Crippen molar-refractivity contribution >= 4 is 23.3 Å². The molecule has 0 spiro atoms. The van der Waals surface area contributed by atoms with Crippen LogP contribution >= 0.6 is 11.6 Å². The molecule has 0 aromatic heterocycles. The molecule has 0 radical (unpaired) electrons. The van der Waals surface area contributed by atoms with Crippen molar-refractivity contribution < 1.29 is 14.5 Å². The van der Waals surface area contributed by atoms with Gasteiger partial charge < -0.3 is 4.74 Å². The van der Waals surface area contributed by atoms with Crippen LogP contribution in [0.2, 0.25) is 5.02 Å². The zero-order valence-electron chi connectivity index (χ0n) is 8.89. The highest BCUT2D eigenvalue weighted by atomic mass is 35.5. The zero-order chi connectivity index (χ0) is 12.4. The average Bonchev–Trinajstić information content (AvgIpc) is 3.10. The van der Waals surface area contributed by atoms with Gasteiger partial charge >= 0.3 is 5.97 Å². The smallest absolute Gasteiger partial charge is 0.338 e. The van der Waals surface area contributed by atoms with Gasteiger partial charge in [-0.15, -0.1) is 0 Å². The topological polar surface area (TPSA) is 69.4 Å². The van der Waals surface area contributed by atoms with Crippen molar-refractivity contribution in [2.45, 2.75) is 12.8 Å². The fourth-order valence-corrected chi connectivity index (χ4v) is 1.53. The molecule has 1 aliphatic carbocycles. The van der Waals surface area contributed by atoms with Crippen LogP contribution < -0.4 is 0 Å². The number of carbonyl (C=O) groups excluding carboxylic acids is 1. The van der Waals surface area contributed by atoms with E-state index in [0.717, 1.165) is 18.9 Å². The van der Waals surface area contributed by atoms with E-state index in [9.17, 15) is 14.9 Å². The SMILES string of the molecule is O=C(OCC1CC1)c1ccc(Cl)c([N+](=O)[O-])c1. The monoisotopic (exact) mass is 255 g/mol. The van der Waals surface area contributed by atoms with Crippen LogP contribution in [0.5, 0.6) is 0 Å². The average molecular weight is 256 g/mol. The second-order valence-corrected chi connectivity index (χ2v) is 4.37. The molecule has 0 atom stereocenters. The van der Waals surface area contributed by atoms with Gasteiger partial charge in [0.1, 0.15) is 5.02 Å². The molecule has 1 aromatic carbocycles. The van der Waals surface area contributed by atoms with Crippen molar-refractivity contribution in [2.24, 2.45) is 5.92 Å². The molecular weight excluding hydrogens is 246 g/mol. The van der Waals surface area contributed by atoms with Crippen LogP contribution in [0.25, 0.3) is 0 Å². The minimum absolute atomic E-state index is 0.00810. The lowest BCUT2D eigenvalue weighted by Crippen LogP contribution is -2.08. The summed E-state index contributed by atoms with van der Waals surface area (Å²) in [7, 11) is 0. The first-order valence-corrected chi connectivity index (χ1v) is 5.57. The number of nitro groups is 1. The van der Waals surface area contributed by atoms with Crippen molar-refractivity contribution in [2.75, 3.05) is 6.61 Å². The van der Waals surface area contributed by atoms with Gasteiger partial charge in [-0.25, -0.2) is 4.79 Å². The van der Waals surface area contributed by atoms with Gasteiger partial charge in [0.05, 0.1) is 17.1 Å². The molecule has 0 heterocycles. The second kappa shape index (κ2) is 4.71. The molecule has 1 saturated carbocycles. The summed E-state index contributed by atoms with van der Waals surface area (Å²) in [5, 5.41) is 10.6. The number of nitro benzene ring substituents is 1. The van der Waals surface area contributed by atoms with E-state index in [2.05, 4.69) is 0 Å². The van der Waals surface area contributed by atoms with E-state index in [0.29, 0.717) is 12.5 Å². The Labute approximate surface area is 102 Å². The number of carbonyl (C=O) groups is 1. The van der Waals surface area contributed by atoms with Crippen LogP contribution in [-0.4, -0.2) is 17.5 Å². The van der Waals surface area contributed by atoms with Gasteiger partial charge in [0.2, 0.25) is 0 Å². The Balaban J connectivity index is 2.11. The Morgan fingerprint density at radius 1 is 1.53 bits per heavy atom. The Hall–Kier alpha value is -1.62. The third-order valence-electron chi connectivity index (χ3n) is 2.53.